The number of sulfonamides is 1. The van der Waals surface area contributed by atoms with E-state index in [1.165, 1.54) is 4.31 Å². The molecule has 0 fully saturated rings. The Kier molecular flexibility index (Phi) is 3.80. The minimum atomic E-state index is -3.50. The first-order valence-corrected chi connectivity index (χ1v) is 7.68. The third kappa shape index (κ3) is 2.59. The van der Waals surface area contributed by atoms with E-state index >= 15 is 0 Å². The van der Waals surface area contributed by atoms with Crippen molar-refractivity contribution in [3.05, 3.63) is 35.5 Å². The number of nitrogens with zero attached hydrogens (tertiary/aromatic N) is 2. The summed E-state index contributed by atoms with van der Waals surface area (Å²) in [6, 6.07) is 6.33. The number of fused-ring (bicyclic) bond motifs is 1. The summed E-state index contributed by atoms with van der Waals surface area (Å²) in [4.78, 5) is 4.38. The van der Waals surface area contributed by atoms with Gasteiger partial charge in [0, 0.05) is 24.7 Å². The van der Waals surface area contributed by atoms with Gasteiger partial charge in [0.25, 0.3) is 0 Å². The Hall–Kier alpha value is -1.17. The second-order valence-electron chi connectivity index (χ2n) is 4.59. The van der Waals surface area contributed by atoms with Crippen molar-refractivity contribution in [2.75, 3.05) is 7.05 Å². The Morgan fingerprint density at radius 1 is 1.26 bits per heavy atom. The van der Waals surface area contributed by atoms with E-state index in [4.69, 9.17) is 11.6 Å². The summed E-state index contributed by atoms with van der Waals surface area (Å²) in [5, 5.41) is 1.14. The van der Waals surface area contributed by atoms with Crippen molar-refractivity contribution in [3.63, 3.8) is 0 Å². The van der Waals surface area contributed by atoms with Gasteiger partial charge in [0.1, 0.15) is 0 Å². The molecular weight excluding hydrogens is 284 g/mol. The van der Waals surface area contributed by atoms with Crippen molar-refractivity contribution in [2.45, 2.75) is 24.8 Å². The summed E-state index contributed by atoms with van der Waals surface area (Å²) in [7, 11) is -1.94. The fraction of sp³-hybridized carbons (Fsp3) is 0.308. The van der Waals surface area contributed by atoms with E-state index in [0.29, 0.717) is 15.9 Å². The lowest BCUT2D eigenvalue weighted by molar-refractivity contribution is 0.410. The van der Waals surface area contributed by atoms with E-state index < -0.39 is 10.0 Å². The van der Waals surface area contributed by atoms with E-state index in [-0.39, 0.29) is 10.9 Å². The number of hydrogen-bond acceptors (Lipinski definition) is 3. The van der Waals surface area contributed by atoms with Gasteiger partial charge in [-0.3, -0.25) is 4.98 Å². The van der Waals surface area contributed by atoms with Crippen molar-refractivity contribution < 1.29 is 8.42 Å². The van der Waals surface area contributed by atoms with Crippen LogP contribution in [0.1, 0.15) is 13.8 Å². The van der Waals surface area contributed by atoms with Gasteiger partial charge in [0.2, 0.25) is 10.0 Å². The molecular formula is C13H15ClN2O2S. The first kappa shape index (κ1) is 14.2. The van der Waals surface area contributed by atoms with Crippen LogP contribution in [-0.4, -0.2) is 30.8 Å². The fourth-order valence-electron chi connectivity index (χ4n) is 1.70. The average molecular weight is 299 g/mol. The second-order valence-corrected chi connectivity index (χ2v) is 6.99. The minimum absolute atomic E-state index is 0.106. The molecule has 0 radical (unpaired) electrons. The lowest BCUT2D eigenvalue weighted by Crippen LogP contribution is -2.33. The second kappa shape index (κ2) is 5.07. The van der Waals surface area contributed by atoms with E-state index in [1.807, 2.05) is 13.8 Å². The van der Waals surface area contributed by atoms with Gasteiger partial charge >= 0.3 is 0 Å². The molecule has 102 valence electrons. The maximum absolute atomic E-state index is 12.4. The Bertz CT molecular complexity index is 714. The van der Waals surface area contributed by atoms with Crippen molar-refractivity contribution in [2.24, 2.45) is 0 Å². The van der Waals surface area contributed by atoms with E-state index in [1.54, 1.807) is 37.5 Å². The third-order valence-corrected chi connectivity index (χ3v) is 5.42. The van der Waals surface area contributed by atoms with Crippen molar-refractivity contribution >= 4 is 32.5 Å². The van der Waals surface area contributed by atoms with Crippen LogP contribution >= 0.6 is 11.6 Å². The van der Waals surface area contributed by atoms with Crippen LogP contribution in [0.5, 0.6) is 0 Å². The molecule has 2 aromatic rings. The summed E-state index contributed by atoms with van der Waals surface area (Å²) in [5.41, 5.74) is 0.679. The SMILES string of the molecule is CC(C)N(C)S(=O)(=O)c1ccc2nccc(Cl)c2c1. The van der Waals surface area contributed by atoms with Gasteiger partial charge in [-0.1, -0.05) is 11.6 Å². The molecule has 0 amide bonds. The predicted molar refractivity (Wildman–Crippen MR) is 76.8 cm³/mol. The highest BCUT2D eigenvalue weighted by molar-refractivity contribution is 7.89. The topological polar surface area (TPSA) is 50.3 Å². The number of aromatic nitrogens is 1. The zero-order valence-electron chi connectivity index (χ0n) is 11.0. The smallest absolute Gasteiger partial charge is 0.243 e. The largest absolute Gasteiger partial charge is 0.256 e. The van der Waals surface area contributed by atoms with Crippen LogP contribution < -0.4 is 0 Å². The van der Waals surface area contributed by atoms with Gasteiger partial charge in [0.15, 0.2) is 0 Å². The van der Waals surface area contributed by atoms with Gasteiger partial charge in [-0.05, 0) is 38.1 Å². The molecule has 0 aliphatic rings. The summed E-state index contributed by atoms with van der Waals surface area (Å²) >= 11 is 6.07. The molecule has 6 heteroatoms. The first-order chi connectivity index (χ1) is 8.84. The molecule has 0 atom stereocenters. The van der Waals surface area contributed by atoms with Crippen LogP contribution in [0.25, 0.3) is 10.9 Å². The van der Waals surface area contributed by atoms with Gasteiger partial charge in [0.05, 0.1) is 15.4 Å². The predicted octanol–water partition coefficient (Wildman–Crippen LogP) is 2.92. The maximum Gasteiger partial charge on any atom is 0.243 e. The molecule has 1 aromatic heterocycles. The fourth-order valence-corrected chi connectivity index (χ4v) is 3.30. The summed E-state index contributed by atoms with van der Waals surface area (Å²) < 4.78 is 26.1. The molecule has 0 unspecified atom stereocenters. The van der Waals surface area contributed by atoms with Crippen LogP contribution in [0.15, 0.2) is 35.4 Å². The lowest BCUT2D eigenvalue weighted by atomic mass is 10.2. The molecule has 0 bridgehead atoms. The number of hydrogen-bond donors (Lipinski definition) is 0. The van der Waals surface area contributed by atoms with Crippen LogP contribution in [-0.2, 0) is 10.0 Å². The van der Waals surface area contributed by atoms with Crippen LogP contribution in [0.4, 0.5) is 0 Å². The summed E-state index contributed by atoms with van der Waals surface area (Å²) in [6.07, 6.45) is 1.60. The zero-order valence-corrected chi connectivity index (χ0v) is 12.5. The highest BCUT2D eigenvalue weighted by Gasteiger charge is 2.23. The highest BCUT2D eigenvalue weighted by Crippen LogP contribution is 2.26. The molecule has 0 aliphatic heterocycles. The molecule has 2 rings (SSSR count). The van der Waals surface area contributed by atoms with E-state index in [9.17, 15) is 8.42 Å². The van der Waals surface area contributed by atoms with Crippen molar-refractivity contribution in [1.82, 2.24) is 9.29 Å². The van der Waals surface area contributed by atoms with Crippen molar-refractivity contribution in [3.8, 4) is 0 Å². The zero-order chi connectivity index (χ0) is 14.2. The van der Waals surface area contributed by atoms with Crippen LogP contribution in [0.3, 0.4) is 0 Å². The molecule has 0 aliphatic carbocycles. The minimum Gasteiger partial charge on any atom is -0.256 e. The molecule has 0 saturated heterocycles. The monoisotopic (exact) mass is 298 g/mol. The Morgan fingerprint density at radius 3 is 2.58 bits per heavy atom. The van der Waals surface area contributed by atoms with Crippen LogP contribution in [0.2, 0.25) is 5.02 Å². The molecule has 1 aromatic carbocycles. The summed E-state index contributed by atoms with van der Waals surface area (Å²) in [6.45, 7) is 3.65. The average Bonchev–Trinajstić information content (AvgIpc) is 2.37. The normalized spacial score (nSPS) is 12.5. The van der Waals surface area contributed by atoms with E-state index in [0.717, 1.165) is 0 Å². The Morgan fingerprint density at radius 2 is 1.95 bits per heavy atom. The van der Waals surface area contributed by atoms with Gasteiger partial charge in [-0.15, -0.1) is 0 Å². The number of rotatable bonds is 3. The number of pyridine rings is 1. The molecule has 4 nitrogen and oxygen atoms in total. The quantitative estimate of drug-likeness (QED) is 0.875. The van der Waals surface area contributed by atoms with Gasteiger partial charge in [-0.2, -0.15) is 4.31 Å². The standard InChI is InChI=1S/C13H15ClN2O2S/c1-9(2)16(3)19(17,18)10-4-5-13-11(8-10)12(14)6-7-15-13/h4-9H,1-3H3. The number of benzene rings is 1. The number of halogens is 1. The van der Waals surface area contributed by atoms with Crippen molar-refractivity contribution in [1.29, 1.82) is 0 Å². The van der Waals surface area contributed by atoms with Gasteiger partial charge < -0.3 is 0 Å². The highest BCUT2D eigenvalue weighted by atomic mass is 35.5. The molecule has 0 N–H and O–H groups in total. The Labute approximate surface area is 118 Å². The molecule has 0 spiro atoms. The molecule has 1 heterocycles. The van der Waals surface area contributed by atoms with E-state index in [2.05, 4.69) is 4.98 Å². The first-order valence-electron chi connectivity index (χ1n) is 5.86. The maximum atomic E-state index is 12.4. The van der Waals surface area contributed by atoms with Gasteiger partial charge in [-0.25, -0.2) is 8.42 Å². The molecule has 19 heavy (non-hydrogen) atoms. The summed E-state index contributed by atoms with van der Waals surface area (Å²) in [5.74, 6) is 0. The Balaban J connectivity index is 2.61. The lowest BCUT2D eigenvalue weighted by Gasteiger charge is -2.21. The van der Waals surface area contributed by atoms with Crippen LogP contribution in [0, 0.1) is 0 Å². The molecule has 0 saturated carbocycles. The third-order valence-electron chi connectivity index (χ3n) is 3.06.